The van der Waals surface area contributed by atoms with Gasteiger partial charge in [-0.15, -0.1) is 0 Å². The Bertz CT molecular complexity index is 397. The Morgan fingerprint density at radius 2 is 2.07 bits per heavy atom. The van der Waals surface area contributed by atoms with Crippen molar-refractivity contribution in [2.75, 3.05) is 0 Å². The molecule has 82 valence electrons. The number of rotatable bonds is 2. The van der Waals surface area contributed by atoms with Gasteiger partial charge in [0.05, 0.1) is 0 Å². The number of halogens is 1. The number of nitrogens with two attached hydrogens (primary N) is 1. The van der Waals surface area contributed by atoms with Crippen LogP contribution in [0, 0.1) is 12.7 Å². The molecule has 0 heterocycles. The summed E-state index contributed by atoms with van der Waals surface area (Å²) in [5, 5.41) is 9.74. The van der Waals surface area contributed by atoms with Gasteiger partial charge in [0.15, 0.2) is 0 Å². The third kappa shape index (κ3) is 1.42. The van der Waals surface area contributed by atoms with Gasteiger partial charge in [0.1, 0.15) is 11.6 Å². The lowest BCUT2D eigenvalue weighted by molar-refractivity contribution is 0.428. The SMILES string of the molecule is Cc1ccc(O)c(C2(C(C)N)CC2)c1F. The molecule has 1 aromatic rings. The van der Waals surface area contributed by atoms with Gasteiger partial charge in [-0.25, -0.2) is 4.39 Å². The van der Waals surface area contributed by atoms with Crippen LogP contribution in [0.4, 0.5) is 4.39 Å². The van der Waals surface area contributed by atoms with Gasteiger partial charge in [0.25, 0.3) is 0 Å². The molecular weight excluding hydrogens is 193 g/mol. The van der Waals surface area contributed by atoms with Crippen LogP contribution < -0.4 is 5.73 Å². The summed E-state index contributed by atoms with van der Waals surface area (Å²) in [6.45, 7) is 3.57. The normalized spacial score (nSPS) is 20.0. The van der Waals surface area contributed by atoms with E-state index in [1.165, 1.54) is 0 Å². The van der Waals surface area contributed by atoms with Gasteiger partial charge in [-0.05, 0) is 38.3 Å². The first kappa shape index (κ1) is 10.4. The third-order valence-corrected chi connectivity index (χ3v) is 3.47. The Hall–Kier alpha value is -1.09. The highest BCUT2D eigenvalue weighted by Crippen LogP contribution is 2.54. The molecule has 0 bridgehead atoms. The summed E-state index contributed by atoms with van der Waals surface area (Å²) in [5.41, 5.74) is 6.52. The molecule has 1 unspecified atom stereocenters. The molecule has 0 radical (unpaired) electrons. The minimum absolute atomic E-state index is 0.0351. The van der Waals surface area contributed by atoms with Gasteiger partial charge < -0.3 is 10.8 Å². The van der Waals surface area contributed by atoms with Crippen LogP contribution in [-0.2, 0) is 5.41 Å². The van der Waals surface area contributed by atoms with Crippen molar-refractivity contribution in [2.24, 2.45) is 5.73 Å². The fourth-order valence-corrected chi connectivity index (χ4v) is 2.21. The van der Waals surface area contributed by atoms with Crippen molar-refractivity contribution in [3.63, 3.8) is 0 Å². The van der Waals surface area contributed by atoms with Crippen LogP contribution in [0.5, 0.6) is 5.75 Å². The van der Waals surface area contributed by atoms with Gasteiger partial charge in [0, 0.05) is 17.0 Å². The lowest BCUT2D eigenvalue weighted by Crippen LogP contribution is -2.32. The van der Waals surface area contributed by atoms with Gasteiger partial charge in [-0.3, -0.25) is 0 Å². The number of benzene rings is 1. The van der Waals surface area contributed by atoms with E-state index in [0.717, 1.165) is 12.8 Å². The minimum atomic E-state index is -0.333. The lowest BCUT2D eigenvalue weighted by atomic mass is 9.87. The summed E-state index contributed by atoms with van der Waals surface area (Å²) in [6.07, 6.45) is 1.72. The Balaban J connectivity index is 2.57. The predicted octanol–water partition coefficient (Wildman–Crippen LogP) is 2.22. The second kappa shape index (κ2) is 3.20. The summed E-state index contributed by atoms with van der Waals surface area (Å²) in [6, 6.07) is 3.02. The maximum absolute atomic E-state index is 13.9. The molecule has 3 heteroatoms. The Kier molecular flexibility index (Phi) is 2.23. The Labute approximate surface area is 88.9 Å². The zero-order chi connectivity index (χ0) is 11.2. The van der Waals surface area contributed by atoms with E-state index < -0.39 is 0 Å². The molecule has 0 aliphatic heterocycles. The molecule has 1 atom stereocenters. The van der Waals surface area contributed by atoms with E-state index in [4.69, 9.17) is 5.73 Å². The van der Waals surface area contributed by atoms with Crippen LogP contribution in [0.15, 0.2) is 12.1 Å². The first-order valence-corrected chi connectivity index (χ1v) is 5.23. The first-order chi connectivity index (χ1) is 6.99. The summed E-state index contributed by atoms with van der Waals surface area (Å²) < 4.78 is 13.9. The standard InChI is InChI=1S/C12H16FNO/c1-7-3-4-9(15)10(11(7)13)12(5-6-12)8(2)14/h3-4,8,15H,5-6,14H2,1-2H3. The third-order valence-electron chi connectivity index (χ3n) is 3.47. The van der Waals surface area contributed by atoms with E-state index in [1.54, 1.807) is 19.1 Å². The number of phenolic OH excluding ortho intramolecular Hbond substituents is 1. The summed E-state index contributed by atoms with van der Waals surface area (Å²) in [5.74, 6) is -0.266. The molecule has 0 spiro atoms. The molecule has 0 amide bonds. The van der Waals surface area contributed by atoms with Gasteiger partial charge in [0.2, 0.25) is 0 Å². The average Bonchev–Trinajstić information content (AvgIpc) is 2.93. The van der Waals surface area contributed by atoms with Crippen molar-refractivity contribution < 1.29 is 9.50 Å². The zero-order valence-electron chi connectivity index (χ0n) is 9.05. The zero-order valence-corrected chi connectivity index (χ0v) is 9.05. The molecular formula is C12H16FNO. The number of aromatic hydroxyl groups is 1. The highest BCUT2D eigenvalue weighted by atomic mass is 19.1. The summed E-state index contributed by atoms with van der Waals surface area (Å²) in [7, 11) is 0. The highest BCUT2D eigenvalue weighted by Gasteiger charge is 2.50. The smallest absolute Gasteiger partial charge is 0.133 e. The number of hydrogen-bond acceptors (Lipinski definition) is 2. The Morgan fingerprint density at radius 1 is 1.47 bits per heavy atom. The van der Waals surface area contributed by atoms with E-state index in [1.807, 2.05) is 6.92 Å². The molecule has 2 nitrogen and oxygen atoms in total. The lowest BCUT2D eigenvalue weighted by Gasteiger charge is -2.22. The molecule has 1 aliphatic rings. The van der Waals surface area contributed by atoms with Gasteiger partial charge in [-0.1, -0.05) is 6.07 Å². The van der Waals surface area contributed by atoms with E-state index in [-0.39, 0.29) is 23.0 Å². The first-order valence-electron chi connectivity index (χ1n) is 5.23. The van der Waals surface area contributed by atoms with E-state index in [2.05, 4.69) is 0 Å². The van der Waals surface area contributed by atoms with Crippen molar-refractivity contribution >= 4 is 0 Å². The predicted molar refractivity (Wildman–Crippen MR) is 57.4 cm³/mol. The van der Waals surface area contributed by atoms with E-state index >= 15 is 0 Å². The molecule has 0 aromatic heterocycles. The average molecular weight is 209 g/mol. The fourth-order valence-electron chi connectivity index (χ4n) is 2.21. The molecule has 1 aliphatic carbocycles. The van der Waals surface area contributed by atoms with Crippen molar-refractivity contribution in [1.29, 1.82) is 0 Å². The summed E-state index contributed by atoms with van der Waals surface area (Å²) >= 11 is 0. The van der Waals surface area contributed by atoms with E-state index in [9.17, 15) is 9.50 Å². The van der Waals surface area contributed by atoms with E-state index in [0.29, 0.717) is 11.1 Å². The number of aryl methyl sites for hydroxylation is 1. The maximum atomic E-state index is 13.9. The van der Waals surface area contributed by atoms with Crippen LogP contribution in [-0.4, -0.2) is 11.1 Å². The minimum Gasteiger partial charge on any atom is -0.508 e. The van der Waals surface area contributed by atoms with Crippen molar-refractivity contribution in [1.82, 2.24) is 0 Å². The van der Waals surface area contributed by atoms with Crippen LogP contribution in [0.1, 0.15) is 30.9 Å². The number of hydrogen-bond donors (Lipinski definition) is 2. The fraction of sp³-hybridized carbons (Fsp3) is 0.500. The van der Waals surface area contributed by atoms with Crippen LogP contribution >= 0.6 is 0 Å². The molecule has 1 fully saturated rings. The van der Waals surface area contributed by atoms with Gasteiger partial charge >= 0.3 is 0 Å². The van der Waals surface area contributed by atoms with Gasteiger partial charge in [-0.2, -0.15) is 0 Å². The molecule has 1 saturated carbocycles. The quantitative estimate of drug-likeness (QED) is 0.784. The second-order valence-corrected chi connectivity index (χ2v) is 4.54. The summed E-state index contributed by atoms with van der Waals surface area (Å²) in [4.78, 5) is 0. The second-order valence-electron chi connectivity index (χ2n) is 4.54. The van der Waals surface area contributed by atoms with Crippen molar-refractivity contribution in [2.45, 2.75) is 38.1 Å². The largest absolute Gasteiger partial charge is 0.508 e. The molecule has 15 heavy (non-hydrogen) atoms. The van der Waals surface area contributed by atoms with Crippen LogP contribution in [0.3, 0.4) is 0 Å². The number of phenols is 1. The molecule has 1 aromatic carbocycles. The van der Waals surface area contributed by atoms with Crippen molar-refractivity contribution in [3.8, 4) is 5.75 Å². The molecule has 2 rings (SSSR count). The highest BCUT2D eigenvalue weighted by molar-refractivity contribution is 5.47. The molecule has 3 N–H and O–H groups in total. The monoisotopic (exact) mass is 209 g/mol. The van der Waals surface area contributed by atoms with Crippen LogP contribution in [0.2, 0.25) is 0 Å². The molecule has 0 saturated heterocycles. The maximum Gasteiger partial charge on any atom is 0.133 e. The topological polar surface area (TPSA) is 46.2 Å². The Morgan fingerprint density at radius 3 is 2.53 bits per heavy atom. The van der Waals surface area contributed by atoms with Crippen molar-refractivity contribution in [3.05, 3.63) is 29.1 Å². The van der Waals surface area contributed by atoms with Crippen LogP contribution in [0.25, 0.3) is 0 Å².